The fourth-order valence-corrected chi connectivity index (χ4v) is 2.30. The molecule has 1 amide bonds. The maximum absolute atomic E-state index is 10.9. The smallest absolute Gasteiger partial charge is 0.345 e. The van der Waals surface area contributed by atoms with Gasteiger partial charge < -0.3 is 10.4 Å². The Hall–Kier alpha value is -2.14. The summed E-state index contributed by atoms with van der Waals surface area (Å²) in [4.78, 5) is 22.0. The van der Waals surface area contributed by atoms with E-state index >= 15 is 0 Å². The highest BCUT2D eigenvalue weighted by molar-refractivity contribution is 7.12. The van der Waals surface area contributed by atoms with E-state index in [4.69, 9.17) is 5.11 Å². The second-order valence-electron chi connectivity index (χ2n) is 3.76. The number of hydrogen-bond donors (Lipinski definition) is 2. The van der Waals surface area contributed by atoms with Gasteiger partial charge in [-0.3, -0.25) is 4.79 Å². The largest absolute Gasteiger partial charge is 0.477 e. The van der Waals surface area contributed by atoms with Crippen molar-refractivity contribution >= 4 is 28.9 Å². The van der Waals surface area contributed by atoms with Gasteiger partial charge in [-0.25, -0.2) is 4.79 Å². The van der Waals surface area contributed by atoms with Crippen LogP contribution in [-0.4, -0.2) is 17.0 Å². The Kier molecular flexibility index (Phi) is 3.43. The zero-order chi connectivity index (χ0) is 13.1. The molecule has 18 heavy (non-hydrogen) atoms. The number of thiophene rings is 1. The van der Waals surface area contributed by atoms with Crippen LogP contribution in [0.4, 0.5) is 5.69 Å². The molecule has 1 aromatic carbocycles. The minimum Gasteiger partial charge on any atom is -0.477 e. The van der Waals surface area contributed by atoms with Gasteiger partial charge in [0.1, 0.15) is 4.88 Å². The van der Waals surface area contributed by atoms with E-state index in [1.807, 2.05) is 12.1 Å². The summed E-state index contributed by atoms with van der Waals surface area (Å²) in [5.41, 5.74) is 2.51. The van der Waals surface area contributed by atoms with Gasteiger partial charge in [0, 0.05) is 12.6 Å². The topological polar surface area (TPSA) is 66.4 Å². The maximum Gasteiger partial charge on any atom is 0.345 e. The number of benzene rings is 1. The molecule has 0 radical (unpaired) electrons. The first kappa shape index (κ1) is 12.3. The first-order valence-electron chi connectivity index (χ1n) is 5.26. The molecular weight excluding hydrogens is 250 g/mol. The first-order chi connectivity index (χ1) is 8.56. The van der Waals surface area contributed by atoms with Gasteiger partial charge in [0.15, 0.2) is 0 Å². The quantitative estimate of drug-likeness (QED) is 0.892. The third kappa shape index (κ3) is 2.75. The van der Waals surface area contributed by atoms with Crippen LogP contribution in [0, 0.1) is 0 Å². The number of carbonyl (C=O) groups excluding carboxylic acids is 1. The maximum atomic E-state index is 10.9. The van der Waals surface area contributed by atoms with Gasteiger partial charge in [-0.15, -0.1) is 11.3 Å². The van der Waals surface area contributed by atoms with E-state index in [2.05, 4.69) is 5.32 Å². The van der Waals surface area contributed by atoms with E-state index in [9.17, 15) is 9.59 Å². The van der Waals surface area contributed by atoms with Crippen molar-refractivity contribution in [2.75, 3.05) is 5.32 Å². The standard InChI is InChI=1S/C13H11NO3S/c1-8(15)14-11-4-2-9(3-5-11)10-6-12(13(16)17)18-7-10/h2-7H,1H3,(H,14,15)(H,16,17). The lowest BCUT2D eigenvalue weighted by Crippen LogP contribution is -2.05. The third-order valence-electron chi connectivity index (χ3n) is 2.35. The summed E-state index contributed by atoms with van der Waals surface area (Å²) >= 11 is 1.20. The van der Waals surface area contributed by atoms with Crippen LogP contribution in [0.2, 0.25) is 0 Å². The summed E-state index contributed by atoms with van der Waals surface area (Å²) in [6.45, 7) is 1.45. The molecule has 0 unspecified atom stereocenters. The van der Waals surface area contributed by atoms with Crippen molar-refractivity contribution in [3.05, 3.63) is 40.6 Å². The average molecular weight is 261 g/mol. The molecule has 0 fully saturated rings. The highest BCUT2D eigenvalue weighted by Crippen LogP contribution is 2.26. The normalized spacial score (nSPS) is 10.1. The van der Waals surface area contributed by atoms with Crippen LogP contribution < -0.4 is 5.32 Å². The molecule has 0 spiro atoms. The van der Waals surface area contributed by atoms with Crippen molar-refractivity contribution in [2.24, 2.45) is 0 Å². The summed E-state index contributed by atoms with van der Waals surface area (Å²) in [6, 6.07) is 8.90. The lowest BCUT2D eigenvalue weighted by atomic mass is 10.1. The molecule has 2 rings (SSSR count). The van der Waals surface area contributed by atoms with Gasteiger partial charge in [0.05, 0.1) is 0 Å². The predicted molar refractivity (Wildman–Crippen MR) is 71.0 cm³/mol. The molecule has 0 saturated carbocycles. The number of anilines is 1. The number of carboxylic acids is 1. The Morgan fingerprint density at radius 3 is 2.33 bits per heavy atom. The second-order valence-corrected chi connectivity index (χ2v) is 4.67. The molecular formula is C13H11NO3S. The van der Waals surface area contributed by atoms with Crippen molar-refractivity contribution in [3.63, 3.8) is 0 Å². The SMILES string of the molecule is CC(=O)Nc1ccc(-c2csc(C(=O)O)c2)cc1. The molecule has 0 aliphatic carbocycles. The number of hydrogen-bond acceptors (Lipinski definition) is 3. The molecule has 2 N–H and O–H groups in total. The lowest BCUT2D eigenvalue weighted by molar-refractivity contribution is -0.114. The molecule has 0 atom stereocenters. The number of nitrogens with one attached hydrogen (secondary N) is 1. The molecule has 0 bridgehead atoms. The molecule has 4 nitrogen and oxygen atoms in total. The minimum atomic E-state index is -0.916. The van der Waals surface area contributed by atoms with Gasteiger partial charge in [-0.2, -0.15) is 0 Å². The predicted octanol–water partition coefficient (Wildman–Crippen LogP) is 3.07. The van der Waals surface area contributed by atoms with Crippen LogP contribution in [0.1, 0.15) is 16.6 Å². The Bertz CT molecular complexity index is 587. The Morgan fingerprint density at radius 2 is 1.83 bits per heavy atom. The van der Waals surface area contributed by atoms with Crippen molar-refractivity contribution in [3.8, 4) is 11.1 Å². The lowest BCUT2D eigenvalue weighted by Gasteiger charge is -2.03. The Labute approximate surface area is 108 Å². The zero-order valence-corrected chi connectivity index (χ0v) is 10.5. The second kappa shape index (κ2) is 5.01. The minimum absolute atomic E-state index is 0.119. The monoisotopic (exact) mass is 261 g/mol. The first-order valence-corrected chi connectivity index (χ1v) is 6.14. The molecule has 1 aromatic heterocycles. The summed E-state index contributed by atoms with van der Waals surface area (Å²) in [6.07, 6.45) is 0. The molecule has 0 aliphatic heterocycles. The number of amides is 1. The van der Waals surface area contributed by atoms with E-state index in [0.29, 0.717) is 4.88 Å². The molecule has 0 saturated heterocycles. The molecule has 1 heterocycles. The number of carbonyl (C=O) groups is 2. The Morgan fingerprint density at radius 1 is 1.17 bits per heavy atom. The summed E-state index contributed by atoms with van der Waals surface area (Å²) in [5, 5.41) is 13.3. The van der Waals surface area contributed by atoms with Gasteiger partial charge in [-0.05, 0) is 34.7 Å². The van der Waals surface area contributed by atoms with Gasteiger partial charge >= 0.3 is 5.97 Å². The fourth-order valence-electron chi connectivity index (χ4n) is 1.55. The zero-order valence-electron chi connectivity index (χ0n) is 9.64. The summed E-state index contributed by atoms with van der Waals surface area (Å²) in [5.74, 6) is -1.03. The average Bonchev–Trinajstić information content (AvgIpc) is 2.78. The summed E-state index contributed by atoms with van der Waals surface area (Å²) < 4.78 is 0. The van der Waals surface area contributed by atoms with E-state index < -0.39 is 5.97 Å². The number of carboxylic acid groups (broad SMARTS) is 1. The third-order valence-corrected chi connectivity index (χ3v) is 3.27. The van der Waals surface area contributed by atoms with Crippen molar-refractivity contribution in [1.29, 1.82) is 0 Å². The van der Waals surface area contributed by atoms with Gasteiger partial charge in [-0.1, -0.05) is 12.1 Å². The van der Waals surface area contributed by atoms with Crippen LogP contribution in [0.3, 0.4) is 0 Å². The highest BCUT2D eigenvalue weighted by atomic mass is 32.1. The van der Waals surface area contributed by atoms with Crippen LogP contribution in [0.5, 0.6) is 0 Å². The van der Waals surface area contributed by atoms with E-state index in [0.717, 1.165) is 16.8 Å². The highest BCUT2D eigenvalue weighted by Gasteiger charge is 2.08. The molecule has 0 aliphatic rings. The number of aromatic carboxylic acids is 1. The van der Waals surface area contributed by atoms with Gasteiger partial charge in [0.25, 0.3) is 0 Å². The molecule has 2 aromatic rings. The van der Waals surface area contributed by atoms with Crippen LogP contribution in [0.15, 0.2) is 35.7 Å². The Balaban J connectivity index is 2.22. The van der Waals surface area contributed by atoms with Crippen LogP contribution >= 0.6 is 11.3 Å². The van der Waals surface area contributed by atoms with Crippen LogP contribution in [0.25, 0.3) is 11.1 Å². The molecule has 5 heteroatoms. The fraction of sp³-hybridized carbons (Fsp3) is 0.0769. The van der Waals surface area contributed by atoms with E-state index in [1.54, 1.807) is 23.6 Å². The number of rotatable bonds is 3. The van der Waals surface area contributed by atoms with Crippen molar-refractivity contribution < 1.29 is 14.7 Å². The molecule has 92 valence electrons. The summed E-state index contributed by atoms with van der Waals surface area (Å²) in [7, 11) is 0. The van der Waals surface area contributed by atoms with Crippen molar-refractivity contribution in [1.82, 2.24) is 0 Å². The van der Waals surface area contributed by atoms with Crippen LogP contribution in [-0.2, 0) is 4.79 Å². The van der Waals surface area contributed by atoms with E-state index in [1.165, 1.54) is 18.3 Å². The van der Waals surface area contributed by atoms with Gasteiger partial charge in [0.2, 0.25) is 5.91 Å². The van der Waals surface area contributed by atoms with Crippen molar-refractivity contribution in [2.45, 2.75) is 6.92 Å². The van der Waals surface area contributed by atoms with E-state index in [-0.39, 0.29) is 5.91 Å².